The second-order valence-electron chi connectivity index (χ2n) is 3.31. The predicted octanol–water partition coefficient (Wildman–Crippen LogP) is 5.76. The van der Waals surface area contributed by atoms with Crippen molar-refractivity contribution >= 4 is 15.9 Å². The van der Waals surface area contributed by atoms with Gasteiger partial charge in [-0.05, 0) is 23.8 Å². The summed E-state index contributed by atoms with van der Waals surface area (Å²) in [6, 6.07) is 10.0. The van der Waals surface area contributed by atoms with Gasteiger partial charge in [0, 0.05) is 4.48 Å². The minimum atomic E-state index is 0.535. The summed E-state index contributed by atoms with van der Waals surface area (Å²) >= 11 is 3.39. The molecule has 102 valence electrons. The molecule has 2 heteroatoms. The third-order valence-corrected chi connectivity index (χ3v) is 2.50. The molecular weight excluding hydrogens is 300 g/mol. The minimum absolute atomic E-state index is 0.535. The molecule has 1 aromatic carbocycles. The van der Waals surface area contributed by atoms with E-state index in [1.807, 2.05) is 56.3 Å². The zero-order valence-electron chi connectivity index (χ0n) is 11.6. The Kier molecular flexibility index (Phi) is 10.6. The first-order valence-corrected chi connectivity index (χ1v) is 7.04. The maximum atomic E-state index is 5.63. The van der Waals surface area contributed by atoms with Crippen molar-refractivity contribution in [2.75, 3.05) is 0 Å². The number of halogens is 1. The molecule has 0 spiro atoms. The van der Waals surface area contributed by atoms with E-state index in [-0.39, 0.29) is 0 Å². The third-order valence-electron chi connectivity index (χ3n) is 2.01. The maximum Gasteiger partial charge on any atom is 0.120 e. The summed E-state index contributed by atoms with van der Waals surface area (Å²) in [4.78, 5) is 0. The molecule has 0 bridgehead atoms. The van der Waals surface area contributed by atoms with Gasteiger partial charge in [-0.2, -0.15) is 0 Å². The molecule has 0 fully saturated rings. The van der Waals surface area contributed by atoms with Crippen molar-refractivity contribution in [1.29, 1.82) is 0 Å². The lowest BCUT2D eigenvalue weighted by Crippen LogP contribution is -1.91. The molecule has 0 aromatic heterocycles. The van der Waals surface area contributed by atoms with Gasteiger partial charge in [0.1, 0.15) is 12.4 Å². The van der Waals surface area contributed by atoms with E-state index < -0.39 is 0 Å². The molecule has 1 aromatic rings. The lowest BCUT2D eigenvalue weighted by atomic mass is 10.2. The first kappa shape index (κ1) is 17.5. The summed E-state index contributed by atoms with van der Waals surface area (Å²) in [5.74, 6) is 0.721. The van der Waals surface area contributed by atoms with Gasteiger partial charge < -0.3 is 4.74 Å². The van der Waals surface area contributed by atoms with E-state index in [2.05, 4.69) is 29.1 Å². The highest BCUT2D eigenvalue weighted by Gasteiger charge is 1.96. The van der Waals surface area contributed by atoms with Crippen molar-refractivity contribution in [1.82, 2.24) is 0 Å². The van der Waals surface area contributed by atoms with Gasteiger partial charge in [-0.15, -0.1) is 0 Å². The van der Waals surface area contributed by atoms with Crippen LogP contribution in [0.15, 0.2) is 78.0 Å². The molecule has 0 heterocycles. The van der Waals surface area contributed by atoms with Crippen LogP contribution in [0.4, 0.5) is 0 Å². The lowest BCUT2D eigenvalue weighted by molar-refractivity contribution is 0.211. The van der Waals surface area contributed by atoms with E-state index in [4.69, 9.17) is 4.74 Å². The van der Waals surface area contributed by atoms with Crippen LogP contribution in [0, 0.1) is 0 Å². The monoisotopic (exact) mass is 320 g/mol. The first-order chi connectivity index (χ1) is 9.26. The summed E-state index contributed by atoms with van der Waals surface area (Å²) in [6.45, 7) is 11.9. The number of hydrogen-bond acceptors (Lipinski definition) is 1. The number of ether oxygens (including phenoxy) is 1. The molecule has 0 saturated carbocycles. The molecule has 1 nitrogen and oxygen atoms in total. The molecule has 0 radical (unpaired) electrons. The Morgan fingerprint density at radius 1 is 1.21 bits per heavy atom. The van der Waals surface area contributed by atoms with Crippen LogP contribution in [-0.4, -0.2) is 0 Å². The number of allylic oxidation sites excluding steroid dienone is 5. The fraction of sp³-hybridized carbons (Fsp3) is 0.176. The van der Waals surface area contributed by atoms with E-state index in [1.165, 1.54) is 0 Å². The zero-order valence-corrected chi connectivity index (χ0v) is 13.2. The predicted molar refractivity (Wildman–Crippen MR) is 88.1 cm³/mol. The SMILES string of the molecule is C=C/C=C(Br)\C=C(/C=C)OCc1ccccc1.CC. The van der Waals surface area contributed by atoms with E-state index in [1.54, 1.807) is 12.2 Å². The molecule has 1 rings (SSSR count). The molecule has 0 aliphatic rings. The zero-order chi connectivity index (χ0) is 14.5. The van der Waals surface area contributed by atoms with Gasteiger partial charge in [0.25, 0.3) is 0 Å². The van der Waals surface area contributed by atoms with Crippen LogP contribution in [0.3, 0.4) is 0 Å². The third kappa shape index (κ3) is 8.22. The van der Waals surface area contributed by atoms with Crippen LogP contribution < -0.4 is 0 Å². The Hall–Kier alpha value is -1.54. The van der Waals surface area contributed by atoms with Crippen molar-refractivity contribution in [2.45, 2.75) is 20.5 Å². The summed E-state index contributed by atoms with van der Waals surface area (Å²) in [7, 11) is 0. The molecule has 0 saturated heterocycles. The molecule has 0 atom stereocenters. The van der Waals surface area contributed by atoms with Gasteiger partial charge in [-0.25, -0.2) is 0 Å². The molecular formula is C17H21BrO. The van der Waals surface area contributed by atoms with Crippen LogP contribution in [0.2, 0.25) is 0 Å². The summed E-state index contributed by atoms with van der Waals surface area (Å²) in [5, 5.41) is 0. The molecule has 19 heavy (non-hydrogen) atoms. The highest BCUT2D eigenvalue weighted by Crippen LogP contribution is 2.13. The standard InChI is InChI=1S/C15H15BrO.C2H6/c1-3-8-14(16)11-15(4-2)17-12-13-9-6-5-7-10-13;1-2/h3-11H,1-2,12H2;1-2H3/b14-8+,15-11+;. The first-order valence-electron chi connectivity index (χ1n) is 6.25. The van der Waals surface area contributed by atoms with E-state index >= 15 is 0 Å². The van der Waals surface area contributed by atoms with Gasteiger partial charge in [0.2, 0.25) is 0 Å². The smallest absolute Gasteiger partial charge is 0.120 e. The molecule has 0 N–H and O–H groups in total. The Balaban J connectivity index is 0.00000154. The molecule has 0 unspecified atom stereocenters. The average Bonchev–Trinajstić information content (AvgIpc) is 2.47. The summed E-state index contributed by atoms with van der Waals surface area (Å²) in [5.41, 5.74) is 1.13. The summed E-state index contributed by atoms with van der Waals surface area (Å²) in [6.07, 6.45) is 7.09. The van der Waals surface area contributed by atoms with E-state index in [0.717, 1.165) is 15.8 Å². The normalized spacial score (nSPS) is 11.1. The average molecular weight is 321 g/mol. The second-order valence-corrected chi connectivity index (χ2v) is 4.23. The van der Waals surface area contributed by atoms with Gasteiger partial charge in [0.15, 0.2) is 0 Å². The number of hydrogen-bond donors (Lipinski definition) is 0. The second kappa shape index (κ2) is 11.5. The highest BCUT2D eigenvalue weighted by atomic mass is 79.9. The molecule has 0 aliphatic heterocycles. The summed E-state index contributed by atoms with van der Waals surface area (Å²) < 4.78 is 6.53. The van der Waals surface area contributed by atoms with Gasteiger partial charge in [-0.1, -0.05) is 79.3 Å². The van der Waals surface area contributed by atoms with Crippen molar-refractivity contribution in [3.05, 3.63) is 83.6 Å². The number of benzene rings is 1. The van der Waals surface area contributed by atoms with E-state index in [9.17, 15) is 0 Å². The van der Waals surface area contributed by atoms with Crippen LogP contribution in [0.5, 0.6) is 0 Å². The minimum Gasteiger partial charge on any atom is -0.489 e. The maximum absolute atomic E-state index is 5.63. The fourth-order valence-electron chi connectivity index (χ4n) is 1.20. The van der Waals surface area contributed by atoms with Crippen molar-refractivity contribution in [2.24, 2.45) is 0 Å². The van der Waals surface area contributed by atoms with Crippen molar-refractivity contribution < 1.29 is 4.74 Å². The highest BCUT2D eigenvalue weighted by molar-refractivity contribution is 9.11. The molecule has 0 amide bonds. The topological polar surface area (TPSA) is 9.23 Å². The van der Waals surface area contributed by atoms with E-state index in [0.29, 0.717) is 6.61 Å². The Bertz CT molecular complexity index is 430. The Morgan fingerprint density at radius 2 is 1.84 bits per heavy atom. The van der Waals surface area contributed by atoms with Crippen LogP contribution >= 0.6 is 15.9 Å². The lowest BCUT2D eigenvalue weighted by Gasteiger charge is -2.06. The van der Waals surface area contributed by atoms with Crippen LogP contribution in [0.1, 0.15) is 19.4 Å². The molecule has 0 aliphatic carbocycles. The Morgan fingerprint density at radius 3 is 2.37 bits per heavy atom. The van der Waals surface area contributed by atoms with Crippen LogP contribution in [0.25, 0.3) is 0 Å². The number of rotatable bonds is 6. The van der Waals surface area contributed by atoms with Crippen molar-refractivity contribution in [3.8, 4) is 0 Å². The Labute approximate surface area is 125 Å². The quantitative estimate of drug-likeness (QED) is 0.478. The van der Waals surface area contributed by atoms with Gasteiger partial charge in [0.05, 0.1) is 0 Å². The van der Waals surface area contributed by atoms with Gasteiger partial charge in [-0.3, -0.25) is 0 Å². The fourth-order valence-corrected chi connectivity index (χ4v) is 1.61. The van der Waals surface area contributed by atoms with Gasteiger partial charge >= 0.3 is 0 Å². The largest absolute Gasteiger partial charge is 0.489 e. The van der Waals surface area contributed by atoms with Crippen molar-refractivity contribution in [3.63, 3.8) is 0 Å². The van der Waals surface area contributed by atoms with Crippen LogP contribution in [-0.2, 0) is 11.3 Å².